The summed E-state index contributed by atoms with van der Waals surface area (Å²) in [4.78, 5) is 35.7. The minimum Gasteiger partial charge on any atom is -0.507 e. The van der Waals surface area contributed by atoms with Crippen LogP contribution in [0.25, 0.3) is 11.0 Å². The Balaban J connectivity index is 2.58. The number of aldehydes is 1. The van der Waals surface area contributed by atoms with E-state index >= 15 is 0 Å². The van der Waals surface area contributed by atoms with E-state index in [0.29, 0.717) is 35.8 Å². The van der Waals surface area contributed by atoms with Crippen LogP contribution in [0.4, 0.5) is 0 Å². The highest BCUT2D eigenvalue weighted by Crippen LogP contribution is 2.36. The predicted molar refractivity (Wildman–Crippen MR) is 99.9 cm³/mol. The molecule has 27 heavy (non-hydrogen) atoms. The molecule has 1 N–H and O–H groups in total. The summed E-state index contributed by atoms with van der Waals surface area (Å²) >= 11 is 0. The molecule has 0 aliphatic rings. The summed E-state index contributed by atoms with van der Waals surface area (Å²) in [5.74, 6) is 0.0260. The van der Waals surface area contributed by atoms with Gasteiger partial charge in [0.05, 0.1) is 17.6 Å². The van der Waals surface area contributed by atoms with Crippen molar-refractivity contribution in [3.63, 3.8) is 0 Å². The van der Waals surface area contributed by atoms with Crippen molar-refractivity contribution in [1.82, 2.24) is 0 Å². The van der Waals surface area contributed by atoms with E-state index in [1.54, 1.807) is 6.92 Å². The van der Waals surface area contributed by atoms with E-state index in [1.807, 2.05) is 6.92 Å². The molecule has 0 saturated heterocycles. The lowest BCUT2D eigenvalue weighted by molar-refractivity contribution is -0.119. The van der Waals surface area contributed by atoms with Crippen molar-refractivity contribution in [2.75, 3.05) is 20.3 Å². The number of rotatable bonds is 10. The number of phenolic OH excluding ortho intramolecular Hbond substituents is 1. The van der Waals surface area contributed by atoms with Crippen LogP contribution in [0.3, 0.4) is 0 Å². The first-order valence-electron chi connectivity index (χ1n) is 8.85. The molecule has 1 aromatic heterocycles. The minimum atomic E-state index is -0.624. The van der Waals surface area contributed by atoms with Gasteiger partial charge >= 0.3 is 5.63 Å². The molecule has 7 heteroatoms. The minimum absolute atomic E-state index is 0.0245. The van der Waals surface area contributed by atoms with Crippen LogP contribution in [0, 0.1) is 6.92 Å². The van der Waals surface area contributed by atoms with E-state index in [9.17, 15) is 19.5 Å². The SMILES string of the molecule is CCCC(=O)CCc1c(C)c2c(OCCOC)cc(O)c(C=O)c2oc1=O. The van der Waals surface area contributed by atoms with Gasteiger partial charge in [-0.1, -0.05) is 6.92 Å². The second-order valence-corrected chi connectivity index (χ2v) is 6.25. The van der Waals surface area contributed by atoms with E-state index in [-0.39, 0.29) is 47.9 Å². The molecule has 0 fully saturated rings. The van der Waals surface area contributed by atoms with Crippen molar-refractivity contribution >= 4 is 23.0 Å². The molecular weight excluding hydrogens is 352 g/mol. The Morgan fingerprint density at radius 2 is 2.04 bits per heavy atom. The smallest absolute Gasteiger partial charge is 0.339 e. The topological polar surface area (TPSA) is 103 Å². The molecule has 0 atom stereocenters. The number of aryl methyl sites for hydroxylation is 1. The third-order valence-electron chi connectivity index (χ3n) is 4.38. The maximum Gasteiger partial charge on any atom is 0.339 e. The lowest BCUT2D eigenvalue weighted by Gasteiger charge is -2.14. The molecule has 1 aromatic carbocycles. The van der Waals surface area contributed by atoms with Crippen LogP contribution < -0.4 is 10.4 Å². The summed E-state index contributed by atoms with van der Waals surface area (Å²) in [6.45, 7) is 4.18. The maximum atomic E-state index is 12.4. The molecule has 0 spiro atoms. The van der Waals surface area contributed by atoms with E-state index in [2.05, 4.69) is 0 Å². The van der Waals surface area contributed by atoms with Crippen LogP contribution in [-0.2, 0) is 16.0 Å². The van der Waals surface area contributed by atoms with Crippen LogP contribution in [0.5, 0.6) is 11.5 Å². The molecule has 146 valence electrons. The van der Waals surface area contributed by atoms with E-state index in [0.717, 1.165) is 6.42 Å². The molecular formula is C20H24O7. The monoisotopic (exact) mass is 376 g/mol. The number of carbonyl (C=O) groups is 2. The molecule has 1 heterocycles. The number of ketones is 1. The highest BCUT2D eigenvalue weighted by atomic mass is 16.5. The first-order valence-corrected chi connectivity index (χ1v) is 8.85. The largest absolute Gasteiger partial charge is 0.507 e. The zero-order valence-corrected chi connectivity index (χ0v) is 15.8. The van der Waals surface area contributed by atoms with Gasteiger partial charge in [0.1, 0.15) is 23.9 Å². The fraction of sp³-hybridized carbons (Fsp3) is 0.450. The summed E-state index contributed by atoms with van der Waals surface area (Å²) in [5, 5.41) is 10.5. The van der Waals surface area contributed by atoms with Gasteiger partial charge in [0.25, 0.3) is 0 Å². The molecule has 0 saturated carbocycles. The normalized spacial score (nSPS) is 10.9. The molecule has 0 bridgehead atoms. The van der Waals surface area contributed by atoms with Crippen molar-refractivity contribution in [1.29, 1.82) is 0 Å². The molecule has 0 radical (unpaired) electrons. The maximum absolute atomic E-state index is 12.4. The lowest BCUT2D eigenvalue weighted by Crippen LogP contribution is -2.14. The second-order valence-electron chi connectivity index (χ2n) is 6.25. The second kappa shape index (κ2) is 9.32. The van der Waals surface area contributed by atoms with Gasteiger partial charge in [-0.2, -0.15) is 0 Å². The molecule has 2 rings (SSSR count). The number of phenols is 1. The molecule has 7 nitrogen and oxygen atoms in total. The molecule has 2 aromatic rings. The van der Waals surface area contributed by atoms with Crippen molar-refractivity contribution in [3.05, 3.63) is 33.2 Å². The number of Topliss-reactive ketones (excluding diaryl/α,β-unsaturated/α-hetero) is 1. The number of carbonyl (C=O) groups excluding carboxylic acids is 2. The van der Waals surface area contributed by atoms with Gasteiger partial charge in [-0.05, 0) is 25.3 Å². The average Bonchev–Trinajstić information content (AvgIpc) is 2.61. The Labute approximate surface area is 156 Å². The standard InChI is InChI=1S/C20H24O7/c1-4-5-13(22)6-7-14-12(2)18-17(26-9-8-25-3)10-16(23)15(11-21)19(18)27-20(14)24/h10-11,23H,4-9H2,1-3H3. The van der Waals surface area contributed by atoms with Gasteiger partial charge in [0.2, 0.25) is 0 Å². The number of methoxy groups -OCH3 is 1. The van der Waals surface area contributed by atoms with Crippen LogP contribution in [0.15, 0.2) is 15.3 Å². The first kappa shape index (κ1) is 20.6. The number of hydrogen-bond acceptors (Lipinski definition) is 7. The molecule has 0 aliphatic carbocycles. The van der Waals surface area contributed by atoms with Crippen molar-refractivity contribution in [3.8, 4) is 11.5 Å². The van der Waals surface area contributed by atoms with Crippen molar-refractivity contribution in [2.24, 2.45) is 0 Å². The fourth-order valence-electron chi connectivity index (χ4n) is 2.98. The molecule has 0 amide bonds. The van der Waals surface area contributed by atoms with Crippen molar-refractivity contribution in [2.45, 2.75) is 39.5 Å². The number of hydrogen-bond donors (Lipinski definition) is 1. The first-order chi connectivity index (χ1) is 12.9. The highest BCUT2D eigenvalue weighted by Gasteiger charge is 2.21. The molecule has 0 unspecified atom stereocenters. The van der Waals surface area contributed by atoms with Crippen LogP contribution in [0.1, 0.15) is 47.7 Å². The predicted octanol–water partition coefficient (Wildman–Crippen LogP) is 2.95. The van der Waals surface area contributed by atoms with Gasteiger partial charge in [0, 0.05) is 31.6 Å². The summed E-state index contributed by atoms with van der Waals surface area (Å²) in [6, 6.07) is 1.32. The van der Waals surface area contributed by atoms with Gasteiger partial charge < -0.3 is 19.0 Å². The fourth-order valence-corrected chi connectivity index (χ4v) is 2.98. The Morgan fingerprint density at radius 3 is 2.67 bits per heavy atom. The lowest BCUT2D eigenvalue weighted by atomic mass is 9.98. The van der Waals surface area contributed by atoms with Gasteiger partial charge in [-0.3, -0.25) is 9.59 Å². The third kappa shape index (κ3) is 4.54. The van der Waals surface area contributed by atoms with Crippen LogP contribution in [-0.4, -0.2) is 37.5 Å². The number of aromatic hydroxyl groups is 1. The summed E-state index contributed by atoms with van der Waals surface area (Å²) in [6.07, 6.45) is 2.14. The number of benzene rings is 1. The zero-order chi connectivity index (χ0) is 20.0. The Kier molecular flexibility index (Phi) is 7.12. The van der Waals surface area contributed by atoms with Gasteiger partial charge in [0.15, 0.2) is 11.9 Å². The number of ether oxygens (including phenoxy) is 2. The molecule has 0 aliphatic heterocycles. The van der Waals surface area contributed by atoms with Gasteiger partial charge in [-0.15, -0.1) is 0 Å². The van der Waals surface area contributed by atoms with E-state index in [1.165, 1.54) is 13.2 Å². The average molecular weight is 376 g/mol. The number of fused-ring (bicyclic) bond motifs is 1. The van der Waals surface area contributed by atoms with E-state index in [4.69, 9.17) is 13.9 Å². The van der Waals surface area contributed by atoms with Crippen LogP contribution >= 0.6 is 0 Å². The zero-order valence-electron chi connectivity index (χ0n) is 15.8. The Bertz CT molecular complexity index is 896. The van der Waals surface area contributed by atoms with E-state index < -0.39 is 5.63 Å². The van der Waals surface area contributed by atoms with Gasteiger partial charge in [-0.25, -0.2) is 4.79 Å². The third-order valence-corrected chi connectivity index (χ3v) is 4.38. The van der Waals surface area contributed by atoms with Crippen molar-refractivity contribution < 1.29 is 28.6 Å². The Hall–Kier alpha value is -2.67. The summed E-state index contributed by atoms with van der Waals surface area (Å²) in [5.41, 5.74) is 0.175. The Morgan fingerprint density at radius 1 is 1.30 bits per heavy atom. The summed E-state index contributed by atoms with van der Waals surface area (Å²) < 4.78 is 16.0. The van der Waals surface area contributed by atoms with Crippen LogP contribution in [0.2, 0.25) is 0 Å². The highest BCUT2D eigenvalue weighted by molar-refractivity contribution is 6.01. The summed E-state index contributed by atoms with van der Waals surface area (Å²) in [7, 11) is 1.53. The quantitative estimate of drug-likeness (QED) is 0.386.